The molecule has 0 amide bonds. The third-order valence-corrected chi connectivity index (χ3v) is 4.30. The molecule has 0 aliphatic carbocycles. The molecule has 1 heterocycles. The van der Waals surface area contributed by atoms with Crippen molar-refractivity contribution in [3.8, 4) is 0 Å². The Labute approximate surface area is 121 Å². The van der Waals surface area contributed by atoms with Gasteiger partial charge in [-0.3, -0.25) is 4.90 Å². The van der Waals surface area contributed by atoms with Gasteiger partial charge in [0.1, 0.15) is 0 Å². The monoisotopic (exact) mass is 279 g/mol. The van der Waals surface area contributed by atoms with E-state index in [2.05, 4.69) is 11.8 Å². The molecule has 0 radical (unpaired) electrons. The number of nitrogens with zero attached hydrogens (tertiary/aromatic N) is 1. The van der Waals surface area contributed by atoms with Crippen molar-refractivity contribution in [3.05, 3.63) is 35.4 Å². The molecule has 0 bridgehead atoms. The Morgan fingerprint density at radius 2 is 1.60 bits per heavy atom. The van der Waals surface area contributed by atoms with E-state index in [-0.39, 0.29) is 18.2 Å². The van der Waals surface area contributed by atoms with Crippen LogP contribution in [0.2, 0.25) is 0 Å². The van der Waals surface area contributed by atoms with Gasteiger partial charge in [-0.15, -0.1) is 0 Å². The SMILES string of the molecule is COC1CN(C(C)C(O)c2ccc(C)cc2)CC1OC. The summed E-state index contributed by atoms with van der Waals surface area (Å²) < 4.78 is 10.9. The van der Waals surface area contributed by atoms with Crippen LogP contribution in [0.15, 0.2) is 24.3 Å². The zero-order valence-electron chi connectivity index (χ0n) is 12.7. The van der Waals surface area contributed by atoms with Gasteiger partial charge in [0.15, 0.2) is 0 Å². The van der Waals surface area contributed by atoms with E-state index in [0.29, 0.717) is 0 Å². The molecule has 1 aliphatic heterocycles. The van der Waals surface area contributed by atoms with E-state index in [4.69, 9.17) is 9.47 Å². The van der Waals surface area contributed by atoms with E-state index in [0.717, 1.165) is 18.7 Å². The predicted octanol–water partition coefficient (Wildman–Crippen LogP) is 1.76. The molecule has 1 aliphatic rings. The fraction of sp³-hybridized carbons (Fsp3) is 0.625. The predicted molar refractivity (Wildman–Crippen MR) is 78.8 cm³/mol. The first kappa shape index (κ1) is 15.4. The second-order valence-corrected chi connectivity index (χ2v) is 5.60. The minimum atomic E-state index is -0.497. The average Bonchev–Trinajstić information content (AvgIpc) is 2.89. The van der Waals surface area contributed by atoms with Gasteiger partial charge < -0.3 is 14.6 Å². The van der Waals surface area contributed by atoms with Crippen molar-refractivity contribution in [2.75, 3.05) is 27.3 Å². The van der Waals surface area contributed by atoms with Gasteiger partial charge in [-0.05, 0) is 19.4 Å². The van der Waals surface area contributed by atoms with Gasteiger partial charge in [-0.25, -0.2) is 0 Å². The first-order valence-electron chi connectivity index (χ1n) is 7.11. The van der Waals surface area contributed by atoms with Crippen LogP contribution in [0.4, 0.5) is 0 Å². The molecule has 0 saturated carbocycles. The smallest absolute Gasteiger partial charge is 0.0971 e. The van der Waals surface area contributed by atoms with Crippen LogP contribution >= 0.6 is 0 Å². The molecule has 1 fully saturated rings. The van der Waals surface area contributed by atoms with E-state index in [1.165, 1.54) is 5.56 Å². The Morgan fingerprint density at radius 3 is 2.05 bits per heavy atom. The molecule has 2 rings (SSSR count). The number of rotatable bonds is 5. The number of methoxy groups -OCH3 is 2. The van der Waals surface area contributed by atoms with Crippen LogP contribution < -0.4 is 0 Å². The third kappa shape index (κ3) is 3.20. The number of ether oxygens (including phenoxy) is 2. The number of likely N-dealkylation sites (tertiary alicyclic amines) is 1. The van der Waals surface area contributed by atoms with Crippen LogP contribution in [0.5, 0.6) is 0 Å². The lowest BCUT2D eigenvalue weighted by atomic mass is 10.0. The molecular formula is C16H25NO3. The number of hydrogen-bond acceptors (Lipinski definition) is 4. The highest BCUT2D eigenvalue weighted by Gasteiger charge is 2.37. The molecule has 4 unspecified atom stereocenters. The molecule has 4 atom stereocenters. The summed E-state index contributed by atoms with van der Waals surface area (Å²) in [6, 6.07) is 8.09. The first-order chi connectivity index (χ1) is 9.56. The number of aliphatic hydroxyl groups excluding tert-OH is 1. The highest BCUT2D eigenvalue weighted by Crippen LogP contribution is 2.26. The molecule has 20 heavy (non-hydrogen) atoms. The van der Waals surface area contributed by atoms with Crippen molar-refractivity contribution >= 4 is 0 Å². The summed E-state index contributed by atoms with van der Waals surface area (Å²) in [6.07, 6.45) is -0.343. The van der Waals surface area contributed by atoms with E-state index < -0.39 is 6.10 Å². The summed E-state index contributed by atoms with van der Waals surface area (Å²) >= 11 is 0. The van der Waals surface area contributed by atoms with E-state index in [1.807, 2.05) is 31.2 Å². The summed E-state index contributed by atoms with van der Waals surface area (Å²) in [5.41, 5.74) is 2.16. The van der Waals surface area contributed by atoms with E-state index in [1.54, 1.807) is 14.2 Å². The third-order valence-electron chi connectivity index (χ3n) is 4.30. The molecule has 4 nitrogen and oxygen atoms in total. The van der Waals surface area contributed by atoms with Gasteiger partial charge in [0.2, 0.25) is 0 Å². The molecule has 1 saturated heterocycles. The number of aryl methyl sites for hydroxylation is 1. The molecule has 0 aromatic heterocycles. The zero-order valence-corrected chi connectivity index (χ0v) is 12.7. The summed E-state index contributed by atoms with van der Waals surface area (Å²) in [6.45, 7) is 5.68. The lowest BCUT2D eigenvalue weighted by Crippen LogP contribution is -2.36. The van der Waals surface area contributed by atoms with Crippen molar-refractivity contribution in [3.63, 3.8) is 0 Å². The molecule has 1 aromatic carbocycles. The van der Waals surface area contributed by atoms with Crippen molar-refractivity contribution in [2.45, 2.75) is 38.2 Å². The van der Waals surface area contributed by atoms with Crippen molar-refractivity contribution in [1.82, 2.24) is 4.90 Å². The van der Waals surface area contributed by atoms with E-state index in [9.17, 15) is 5.11 Å². The molecule has 0 spiro atoms. The maximum absolute atomic E-state index is 10.5. The fourth-order valence-electron chi connectivity index (χ4n) is 2.80. The largest absolute Gasteiger partial charge is 0.387 e. The maximum Gasteiger partial charge on any atom is 0.0971 e. The van der Waals surface area contributed by atoms with Gasteiger partial charge in [-0.1, -0.05) is 29.8 Å². The highest BCUT2D eigenvalue weighted by atomic mass is 16.5. The summed E-state index contributed by atoms with van der Waals surface area (Å²) in [7, 11) is 3.42. The molecule has 112 valence electrons. The highest BCUT2D eigenvalue weighted by molar-refractivity contribution is 5.24. The van der Waals surface area contributed by atoms with Crippen LogP contribution in [0, 0.1) is 6.92 Å². The summed E-state index contributed by atoms with van der Waals surface area (Å²) in [4.78, 5) is 2.23. The molecule has 1 aromatic rings. The van der Waals surface area contributed by atoms with Gasteiger partial charge in [0.25, 0.3) is 0 Å². The standard InChI is InChI=1S/C16H25NO3/c1-11-5-7-13(8-6-11)16(18)12(2)17-9-14(19-3)15(10-17)20-4/h5-8,12,14-16,18H,9-10H2,1-4H3. The van der Waals surface area contributed by atoms with Gasteiger partial charge in [0, 0.05) is 33.4 Å². The second-order valence-electron chi connectivity index (χ2n) is 5.60. The minimum Gasteiger partial charge on any atom is -0.387 e. The number of hydrogen-bond donors (Lipinski definition) is 1. The second kappa shape index (κ2) is 6.68. The van der Waals surface area contributed by atoms with Gasteiger partial charge >= 0.3 is 0 Å². The van der Waals surface area contributed by atoms with Crippen LogP contribution in [-0.2, 0) is 9.47 Å². The number of aliphatic hydroxyl groups is 1. The van der Waals surface area contributed by atoms with E-state index >= 15 is 0 Å². The zero-order chi connectivity index (χ0) is 14.7. The Kier molecular flexibility index (Phi) is 5.16. The topological polar surface area (TPSA) is 41.9 Å². The lowest BCUT2D eigenvalue weighted by Gasteiger charge is -2.28. The molecule has 1 N–H and O–H groups in total. The van der Waals surface area contributed by atoms with Gasteiger partial charge in [-0.2, -0.15) is 0 Å². The Morgan fingerprint density at radius 1 is 1.10 bits per heavy atom. The average molecular weight is 279 g/mol. The fourth-order valence-corrected chi connectivity index (χ4v) is 2.80. The normalized spacial score (nSPS) is 26.6. The quantitative estimate of drug-likeness (QED) is 0.892. The van der Waals surface area contributed by atoms with Crippen molar-refractivity contribution in [2.24, 2.45) is 0 Å². The molecule has 4 heteroatoms. The summed E-state index contributed by atoms with van der Waals surface area (Å²) in [5, 5.41) is 10.5. The van der Waals surface area contributed by atoms with Crippen LogP contribution in [0.3, 0.4) is 0 Å². The Balaban J connectivity index is 2.04. The van der Waals surface area contributed by atoms with Crippen LogP contribution in [0.1, 0.15) is 24.2 Å². The molecular weight excluding hydrogens is 254 g/mol. The minimum absolute atomic E-state index is 0.0375. The van der Waals surface area contributed by atoms with Crippen molar-refractivity contribution < 1.29 is 14.6 Å². The van der Waals surface area contributed by atoms with Gasteiger partial charge in [0.05, 0.1) is 18.3 Å². The van der Waals surface area contributed by atoms with Crippen LogP contribution in [0.25, 0.3) is 0 Å². The van der Waals surface area contributed by atoms with Crippen LogP contribution in [-0.4, -0.2) is 55.6 Å². The first-order valence-corrected chi connectivity index (χ1v) is 7.11. The van der Waals surface area contributed by atoms with Crippen molar-refractivity contribution in [1.29, 1.82) is 0 Å². The Bertz CT molecular complexity index is 408. The Hall–Kier alpha value is -0.940. The summed E-state index contributed by atoms with van der Waals surface area (Å²) in [5.74, 6) is 0. The lowest BCUT2D eigenvalue weighted by molar-refractivity contribution is -0.00461. The number of benzene rings is 1. The maximum atomic E-state index is 10.5.